The number of hydrogen-bond acceptors (Lipinski definition) is 5. The minimum absolute atomic E-state index is 0.0514. The minimum Gasteiger partial charge on any atom is -0.423 e. The van der Waals surface area contributed by atoms with E-state index in [1.807, 2.05) is 54.6 Å². The van der Waals surface area contributed by atoms with E-state index in [-0.39, 0.29) is 12.1 Å². The number of nitrogens with zero attached hydrogens (tertiary/aromatic N) is 3. The smallest absolute Gasteiger partial charge is 0.345 e. The van der Waals surface area contributed by atoms with E-state index >= 15 is 0 Å². The average Bonchev–Trinajstić information content (AvgIpc) is 3.02. The van der Waals surface area contributed by atoms with Gasteiger partial charge in [-0.15, -0.1) is 0 Å². The lowest BCUT2D eigenvalue weighted by Gasteiger charge is -2.28. The number of para-hydroxylation sites is 1. The van der Waals surface area contributed by atoms with Crippen molar-refractivity contribution >= 4 is 22.9 Å². The van der Waals surface area contributed by atoms with Crippen LogP contribution in [-0.2, 0) is 16.2 Å². The van der Waals surface area contributed by atoms with E-state index in [1.165, 1.54) is 5.06 Å². The molecule has 152 valence electrons. The predicted octanol–water partition coefficient (Wildman–Crippen LogP) is 3.54. The molecule has 2 aromatic carbocycles. The summed E-state index contributed by atoms with van der Waals surface area (Å²) in [6.07, 6.45) is 2.89. The second-order valence-corrected chi connectivity index (χ2v) is 7.52. The fourth-order valence-electron chi connectivity index (χ4n) is 4.10. The molecule has 2 fully saturated rings. The molecule has 0 saturated carbocycles. The van der Waals surface area contributed by atoms with Gasteiger partial charge in [0.25, 0.3) is 0 Å². The van der Waals surface area contributed by atoms with E-state index in [2.05, 4.69) is 4.98 Å². The largest absolute Gasteiger partial charge is 0.423 e. The number of piperidine rings is 1. The number of pyridine rings is 1. The zero-order chi connectivity index (χ0) is 20.5. The molecule has 0 aliphatic carbocycles. The van der Waals surface area contributed by atoms with E-state index in [1.54, 1.807) is 17.2 Å². The number of carbonyl (C=O) groups excluding carboxylic acids is 2. The second-order valence-electron chi connectivity index (χ2n) is 7.52. The monoisotopic (exact) mass is 403 g/mol. The summed E-state index contributed by atoms with van der Waals surface area (Å²) >= 11 is 0. The number of fused-ring (bicyclic) bond motifs is 3. The first kappa shape index (κ1) is 18.6. The number of aromatic nitrogens is 1. The van der Waals surface area contributed by atoms with Gasteiger partial charge in [-0.25, -0.2) is 9.59 Å². The van der Waals surface area contributed by atoms with Crippen LogP contribution in [-0.4, -0.2) is 45.6 Å². The Morgan fingerprint density at radius 3 is 2.73 bits per heavy atom. The third-order valence-corrected chi connectivity index (χ3v) is 5.61. The minimum atomic E-state index is -0.627. The van der Waals surface area contributed by atoms with E-state index in [0.29, 0.717) is 37.3 Å². The molecular formula is C23H21N3O4. The zero-order valence-corrected chi connectivity index (χ0v) is 16.3. The molecule has 30 heavy (non-hydrogen) atoms. The Balaban J connectivity index is 1.29. The topological polar surface area (TPSA) is 72.0 Å². The highest BCUT2D eigenvalue weighted by Gasteiger charge is 2.48. The lowest BCUT2D eigenvalue weighted by atomic mass is 10.0. The molecule has 2 amide bonds. The second kappa shape index (κ2) is 7.76. The molecule has 2 aliphatic rings. The van der Waals surface area contributed by atoms with Crippen LogP contribution in [0.2, 0.25) is 0 Å². The van der Waals surface area contributed by atoms with Crippen molar-refractivity contribution in [3.8, 4) is 5.75 Å². The van der Waals surface area contributed by atoms with E-state index in [9.17, 15) is 9.59 Å². The van der Waals surface area contributed by atoms with Gasteiger partial charge in [-0.05, 0) is 30.5 Å². The molecule has 5 rings (SSSR count). The number of benzene rings is 2. The van der Waals surface area contributed by atoms with Crippen LogP contribution in [0.25, 0.3) is 10.9 Å². The molecule has 7 nitrogen and oxygen atoms in total. The van der Waals surface area contributed by atoms with Crippen LogP contribution < -0.4 is 4.74 Å². The number of hydrogen-bond donors (Lipinski definition) is 0. The fraction of sp³-hybridized carbons (Fsp3) is 0.261. The van der Waals surface area contributed by atoms with Crippen molar-refractivity contribution < 1.29 is 19.2 Å². The Bertz CT molecular complexity index is 1080. The van der Waals surface area contributed by atoms with Crippen molar-refractivity contribution in [2.24, 2.45) is 0 Å². The molecule has 0 N–H and O–H groups in total. The molecule has 2 aliphatic heterocycles. The van der Waals surface area contributed by atoms with Gasteiger partial charge in [0.15, 0.2) is 5.75 Å². The van der Waals surface area contributed by atoms with Gasteiger partial charge in [-0.2, -0.15) is 5.06 Å². The van der Waals surface area contributed by atoms with Crippen molar-refractivity contribution in [2.75, 3.05) is 6.54 Å². The molecule has 0 spiro atoms. The molecule has 0 radical (unpaired) electrons. The summed E-state index contributed by atoms with van der Waals surface area (Å²) in [4.78, 5) is 37.5. The number of amides is 2. The summed E-state index contributed by atoms with van der Waals surface area (Å²) < 4.78 is 5.68. The van der Waals surface area contributed by atoms with E-state index in [4.69, 9.17) is 9.57 Å². The zero-order valence-electron chi connectivity index (χ0n) is 16.3. The number of carbonyl (C=O) groups is 2. The van der Waals surface area contributed by atoms with Gasteiger partial charge in [0.2, 0.25) is 0 Å². The Morgan fingerprint density at radius 1 is 1.03 bits per heavy atom. The van der Waals surface area contributed by atoms with Gasteiger partial charge in [0.05, 0.1) is 6.04 Å². The maximum absolute atomic E-state index is 12.9. The maximum atomic E-state index is 12.9. The molecule has 2 atom stereocenters. The highest BCUT2D eigenvalue weighted by Crippen LogP contribution is 2.32. The Labute approximate surface area is 173 Å². The van der Waals surface area contributed by atoms with Crippen LogP contribution in [0.3, 0.4) is 0 Å². The lowest BCUT2D eigenvalue weighted by molar-refractivity contribution is -0.141. The van der Waals surface area contributed by atoms with Gasteiger partial charge in [0, 0.05) is 18.1 Å². The summed E-state index contributed by atoms with van der Waals surface area (Å²) in [5.74, 6) is -0.0334. The van der Waals surface area contributed by atoms with Crippen molar-refractivity contribution in [3.05, 3.63) is 72.4 Å². The van der Waals surface area contributed by atoms with Crippen LogP contribution in [0.15, 0.2) is 66.9 Å². The average molecular weight is 403 g/mol. The molecule has 3 heterocycles. The summed E-state index contributed by atoms with van der Waals surface area (Å²) in [5, 5.41) is 2.31. The molecule has 7 heteroatoms. The molecule has 1 aromatic heterocycles. The van der Waals surface area contributed by atoms with Crippen LogP contribution >= 0.6 is 0 Å². The van der Waals surface area contributed by atoms with Gasteiger partial charge in [-0.1, -0.05) is 48.5 Å². The highest BCUT2D eigenvalue weighted by atomic mass is 16.7. The van der Waals surface area contributed by atoms with E-state index in [0.717, 1.165) is 10.9 Å². The molecule has 0 unspecified atom stereocenters. The normalized spacial score (nSPS) is 20.6. The number of urea groups is 1. The van der Waals surface area contributed by atoms with Crippen molar-refractivity contribution in [1.82, 2.24) is 14.9 Å². The lowest BCUT2D eigenvalue weighted by Crippen LogP contribution is -2.46. The van der Waals surface area contributed by atoms with Crippen molar-refractivity contribution in [1.29, 1.82) is 0 Å². The van der Waals surface area contributed by atoms with Gasteiger partial charge < -0.3 is 9.64 Å². The SMILES string of the molecule is O=C(Oc1cccc2cccnc12)[C@@H]1CC[C@@H]2CN1C(=O)N2OCc1ccccc1. The first-order chi connectivity index (χ1) is 14.7. The Morgan fingerprint density at radius 2 is 1.87 bits per heavy atom. The predicted molar refractivity (Wildman–Crippen MR) is 109 cm³/mol. The van der Waals surface area contributed by atoms with Crippen molar-refractivity contribution in [3.63, 3.8) is 0 Å². The fourth-order valence-corrected chi connectivity index (χ4v) is 4.10. The van der Waals surface area contributed by atoms with Crippen LogP contribution in [0, 0.1) is 0 Å². The van der Waals surface area contributed by atoms with Gasteiger partial charge in [0.1, 0.15) is 18.2 Å². The van der Waals surface area contributed by atoms with Gasteiger partial charge >= 0.3 is 12.0 Å². The summed E-state index contributed by atoms with van der Waals surface area (Å²) in [6.45, 7) is 0.773. The van der Waals surface area contributed by atoms with Crippen molar-refractivity contribution in [2.45, 2.75) is 31.5 Å². The molecule has 3 aromatic rings. The molecule has 2 bridgehead atoms. The highest BCUT2D eigenvalue weighted by molar-refractivity contribution is 5.90. The summed E-state index contributed by atoms with van der Waals surface area (Å²) in [7, 11) is 0. The Hall–Kier alpha value is -3.45. The summed E-state index contributed by atoms with van der Waals surface area (Å²) in [5.41, 5.74) is 1.61. The maximum Gasteiger partial charge on any atom is 0.345 e. The van der Waals surface area contributed by atoms with Crippen LogP contribution in [0.4, 0.5) is 4.79 Å². The first-order valence-electron chi connectivity index (χ1n) is 10.0. The number of rotatable bonds is 5. The number of esters is 1. The molecule has 2 saturated heterocycles. The van der Waals surface area contributed by atoms with Crippen LogP contribution in [0.5, 0.6) is 5.75 Å². The number of hydroxylamine groups is 2. The first-order valence-corrected chi connectivity index (χ1v) is 10.0. The number of ether oxygens (including phenoxy) is 1. The van der Waals surface area contributed by atoms with Crippen LogP contribution in [0.1, 0.15) is 18.4 Å². The van der Waals surface area contributed by atoms with E-state index < -0.39 is 12.0 Å². The molecular weight excluding hydrogens is 382 g/mol. The standard InChI is InChI=1S/C23H21N3O4/c27-22(30-20-10-4-8-17-9-5-13-24-21(17)20)19-12-11-18-14-25(19)23(28)26(18)29-15-16-6-2-1-3-7-16/h1-10,13,18-19H,11-12,14-15H2/t18-,19+/m1/s1. The third-order valence-electron chi connectivity index (χ3n) is 5.61. The quantitative estimate of drug-likeness (QED) is 0.481. The Kier molecular flexibility index (Phi) is 4.80. The third kappa shape index (κ3) is 3.37. The van der Waals surface area contributed by atoms with Gasteiger partial charge in [-0.3, -0.25) is 9.82 Å². The summed E-state index contributed by atoms with van der Waals surface area (Å²) in [6, 6.07) is 17.9.